The number of carbonyl (C=O) groups excluding carboxylic acids is 1. The van der Waals surface area contributed by atoms with Gasteiger partial charge in [0.15, 0.2) is 0 Å². The number of rotatable bonds is 2. The minimum Gasteiger partial charge on any atom is -0.320 e. The average Bonchev–Trinajstić information content (AvgIpc) is 2.62. The van der Waals surface area contributed by atoms with Gasteiger partial charge in [0.1, 0.15) is 0 Å². The van der Waals surface area contributed by atoms with Crippen molar-refractivity contribution in [2.75, 3.05) is 5.32 Å². The number of nitrogens with one attached hydrogen (secondary N) is 1. The molecule has 0 spiro atoms. The SMILES string of the molecule is O=C(Nc1cccc2cccnc12)c1ccc(Br)c2ccccc12. The lowest BCUT2D eigenvalue weighted by Crippen LogP contribution is -2.13. The summed E-state index contributed by atoms with van der Waals surface area (Å²) in [5.41, 5.74) is 2.14. The Bertz CT molecular complexity index is 1070. The van der Waals surface area contributed by atoms with Crippen molar-refractivity contribution in [3.63, 3.8) is 0 Å². The molecular formula is C20H13BrN2O. The van der Waals surface area contributed by atoms with Crippen LogP contribution in [0.3, 0.4) is 0 Å². The molecule has 0 radical (unpaired) electrons. The van der Waals surface area contributed by atoms with Gasteiger partial charge in [0.25, 0.3) is 5.91 Å². The second kappa shape index (κ2) is 6.06. The number of fused-ring (bicyclic) bond motifs is 2. The van der Waals surface area contributed by atoms with Gasteiger partial charge in [-0.15, -0.1) is 0 Å². The molecule has 0 saturated heterocycles. The van der Waals surface area contributed by atoms with Gasteiger partial charge in [-0.1, -0.05) is 58.4 Å². The highest BCUT2D eigenvalue weighted by molar-refractivity contribution is 9.10. The van der Waals surface area contributed by atoms with Crippen molar-refractivity contribution in [2.24, 2.45) is 0 Å². The third-order valence-corrected chi connectivity index (χ3v) is 4.69. The predicted octanol–water partition coefficient (Wildman–Crippen LogP) is 5.40. The number of hydrogen-bond acceptors (Lipinski definition) is 2. The number of aromatic nitrogens is 1. The molecule has 0 aliphatic heterocycles. The second-order valence-corrected chi connectivity index (χ2v) is 6.33. The lowest BCUT2D eigenvalue weighted by molar-refractivity contribution is 0.102. The first kappa shape index (κ1) is 14.8. The zero-order valence-corrected chi connectivity index (χ0v) is 14.2. The van der Waals surface area contributed by atoms with Crippen molar-refractivity contribution in [3.05, 3.63) is 83.0 Å². The first-order chi connectivity index (χ1) is 11.7. The summed E-state index contributed by atoms with van der Waals surface area (Å²) in [6.45, 7) is 0. The molecule has 1 N–H and O–H groups in total. The van der Waals surface area contributed by atoms with E-state index in [2.05, 4.69) is 26.2 Å². The number of anilines is 1. The fourth-order valence-electron chi connectivity index (χ4n) is 2.86. The van der Waals surface area contributed by atoms with E-state index >= 15 is 0 Å². The van der Waals surface area contributed by atoms with Gasteiger partial charge in [-0.05, 0) is 35.0 Å². The van der Waals surface area contributed by atoms with Gasteiger partial charge >= 0.3 is 0 Å². The van der Waals surface area contributed by atoms with E-state index in [1.165, 1.54) is 0 Å². The Morgan fingerprint density at radius 2 is 1.67 bits per heavy atom. The van der Waals surface area contributed by atoms with Crippen LogP contribution in [-0.4, -0.2) is 10.9 Å². The fraction of sp³-hybridized carbons (Fsp3) is 0. The molecule has 0 fully saturated rings. The number of pyridine rings is 1. The molecule has 24 heavy (non-hydrogen) atoms. The van der Waals surface area contributed by atoms with Crippen molar-refractivity contribution < 1.29 is 4.79 Å². The largest absolute Gasteiger partial charge is 0.320 e. The molecule has 4 rings (SSSR count). The van der Waals surface area contributed by atoms with Gasteiger partial charge in [0, 0.05) is 21.6 Å². The molecule has 3 nitrogen and oxygen atoms in total. The van der Waals surface area contributed by atoms with Gasteiger partial charge in [-0.3, -0.25) is 9.78 Å². The standard InChI is InChI=1S/C20H13BrN2O/c21-17-11-10-16(14-7-1-2-8-15(14)17)20(24)23-18-9-3-5-13-6-4-12-22-19(13)18/h1-12H,(H,23,24). The summed E-state index contributed by atoms with van der Waals surface area (Å²) < 4.78 is 0.974. The number of halogens is 1. The molecule has 0 aliphatic rings. The molecule has 0 aliphatic carbocycles. The Morgan fingerprint density at radius 3 is 2.54 bits per heavy atom. The molecular weight excluding hydrogens is 364 g/mol. The molecule has 116 valence electrons. The lowest BCUT2D eigenvalue weighted by atomic mass is 10.0. The average molecular weight is 377 g/mol. The third-order valence-electron chi connectivity index (χ3n) is 4.00. The number of benzene rings is 3. The Hall–Kier alpha value is -2.72. The number of nitrogens with zero attached hydrogens (tertiary/aromatic N) is 1. The van der Waals surface area contributed by atoms with Gasteiger partial charge in [-0.25, -0.2) is 0 Å². The molecule has 4 heteroatoms. The topological polar surface area (TPSA) is 42.0 Å². The van der Waals surface area contributed by atoms with Gasteiger partial charge in [0.2, 0.25) is 0 Å². The van der Waals surface area contributed by atoms with Crippen LogP contribution in [0, 0.1) is 0 Å². The van der Waals surface area contributed by atoms with E-state index < -0.39 is 0 Å². The molecule has 1 heterocycles. The van der Waals surface area contributed by atoms with Crippen LogP contribution in [0.1, 0.15) is 10.4 Å². The summed E-state index contributed by atoms with van der Waals surface area (Å²) in [6, 6.07) is 21.2. The predicted molar refractivity (Wildman–Crippen MR) is 101 cm³/mol. The number of carbonyl (C=O) groups is 1. The normalized spacial score (nSPS) is 10.9. The lowest BCUT2D eigenvalue weighted by Gasteiger charge is -2.10. The van der Waals surface area contributed by atoms with Crippen LogP contribution in [0.2, 0.25) is 0 Å². The van der Waals surface area contributed by atoms with Crippen LogP contribution < -0.4 is 5.32 Å². The summed E-state index contributed by atoms with van der Waals surface area (Å²) in [7, 11) is 0. The highest BCUT2D eigenvalue weighted by Crippen LogP contribution is 2.28. The second-order valence-electron chi connectivity index (χ2n) is 5.48. The van der Waals surface area contributed by atoms with Crippen molar-refractivity contribution in [2.45, 2.75) is 0 Å². The van der Waals surface area contributed by atoms with Gasteiger partial charge in [-0.2, -0.15) is 0 Å². The summed E-state index contributed by atoms with van der Waals surface area (Å²) >= 11 is 3.54. The number of hydrogen-bond donors (Lipinski definition) is 1. The number of para-hydroxylation sites is 1. The van der Waals surface area contributed by atoms with Crippen molar-refractivity contribution >= 4 is 49.2 Å². The molecule has 1 amide bonds. The molecule has 0 unspecified atom stereocenters. The first-order valence-electron chi connectivity index (χ1n) is 7.56. The summed E-state index contributed by atoms with van der Waals surface area (Å²) in [5.74, 6) is -0.142. The van der Waals surface area contributed by atoms with Crippen molar-refractivity contribution in [1.29, 1.82) is 0 Å². The van der Waals surface area contributed by atoms with Crippen LogP contribution in [0.5, 0.6) is 0 Å². The Morgan fingerprint density at radius 1 is 0.875 bits per heavy atom. The Balaban J connectivity index is 1.79. The fourth-order valence-corrected chi connectivity index (χ4v) is 3.33. The maximum Gasteiger partial charge on any atom is 0.256 e. The number of amides is 1. The van der Waals surface area contributed by atoms with Crippen LogP contribution in [0.25, 0.3) is 21.7 Å². The molecule has 4 aromatic rings. The quantitative estimate of drug-likeness (QED) is 0.508. The minimum absolute atomic E-state index is 0.142. The van der Waals surface area contributed by atoms with Crippen LogP contribution in [0.4, 0.5) is 5.69 Å². The minimum atomic E-state index is -0.142. The van der Waals surface area contributed by atoms with Crippen molar-refractivity contribution in [1.82, 2.24) is 4.98 Å². The first-order valence-corrected chi connectivity index (χ1v) is 8.36. The van der Waals surface area contributed by atoms with Crippen molar-refractivity contribution in [3.8, 4) is 0 Å². The molecule has 0 saturated carbocycles. The maximum atomic E-state index is 12.8. The monoisotopic (exact) mass is 376 g/mol. The highest BCUT2D eigenvalue weighted by Gasteiger charge is 2.13. The summed E-state index contributed by atoms with van der Waals surface area (Å²) in [4.78, 5) is 17.2. The maximum absolute atomic E-state index is 12.8. The van der Waals surface area contributed by atoms with Crippen LogP contribution >= 0.6 is 15.9 Å². The van der Waals surface area contributed by atoms with Crippen LogP contribution in [0.15, 0.2) is 77.4 Å². The highest BCUT2D eigenvalue weighted by atomic mass is 79.9. The Kier molecular flexibility index (Phi) is 3.75. The van der Waals surface area contributed by atoms with Gasteiger partial charge < -0.3 is 5.32 Å². The van der Waals surface area contributed by atoms with E-state index in [1.54, 1.807) is 6.20 Å². The van der Waals surface area contributed by atoms with Gasteiger partial charge in [0.05, 0.1) is 11.2 Å². The molecule has 3 aromatic carbocycles. The molecule has 1 aromatic heterocycles. The summed E-state index contributed by atoms with van der Waals surface area (Å²) in [6.07, 6.45) is 1.73. The van der Waals surface area contributed by atoms with E-state index in [4.69, 9.17) is 0 Å². The van der Waals surface area contributed by atoms with E-state index in [0.29, 0.717) is 11.3 Å². The van der Waals surface area contributed by atoms with Crippen LogP contribution in [-0.2, 0) is 0 Å². The van der Waals surface area contributed by atoms with E-state index in [1.807, 2.05) is 66.7 Å². The molecule has 0 bridgehead atoms. The summed E-state index contributed by atoms with van der Waals surface area (Å²) in [5, 5.41) is 5.92. The zero-order valence-electron chi connectivity index (χ0n) is 12.7. The Labute approximate surface area is 147 Å². The smallest absolute Gasteiger partial charge is 0.256 e. The zero-order chi connectivity index (χ0) is 16.5. The molecule has 0 atom stereocenters. The van der Waals surface area contributed by atoms with E-state index in [0.717, 1.165) is 26.1 Å². The third kappa shape index (κ3) is 2.55. The van der Waals surface area contributed by atoms with E-state index in [9.17, 15) is 4.79 Å². The van der Waals surface area contributed by atoms with E-state index in [-0.39, 0.29) is 5.91 Å².